The Morgan fingerprint density at radius 1 is 0.919 bits per heavy atom. The number of pyridine rings is 1. The fourth-order valence-electron chi connectivity index (χ4n) is 6.76. The highest BCUT2D eigenvalue weighted by molar-refractivity contribution is 5.87. The van der Waals surface area contributed by atoms with Gasteiger partial charge in [0.25, 0.3) is 0 Å². The first-order valence-electron chi connectivity index (χ1n) is 14.5. The van der Waals surface area contributed by atoms with Gasteiger partial charge in [0.15, 0.2) is 0 Å². The van der Waals surface area contributed by atoms with Gasteiger partial charge in [0.1, 0.15) is 0 Å². The Morgan fingerprint density at radius 2 is 1.65 bits per heavy atom. The summed E-state index contributed by atoms with van der Waals surface area (Å²) >= 11 is 0. The maximum Gasteiger partial charge on any atom is 0.221 e. The third-order valence-corrected chi connectivity index (χ3v) is 8.75. The predicted octanol–water partition coefficient (Wildman–Crippen LogP) is 7.74. The van der Waals surface area contributed by atoms with Crippen LogP contribution in [0.15, 0.2) is 67.0 Å². The summed E-state index contributed by atoms with van der Waals surface area (Å²) in [5.74, 6) is 0.875. The summed E-state index contributed by atoms with van der Waals surface area (Å²) in [6, 6.07) is 19.6. The molecule has 4 nitrogen and oxygen atoms in total. The Bertz CT molecular complexity index is 1360. The van der Waals surface area contributed by atoms with Gasteiger partial charge in [0.05, 0.1) is 5.52 Å². The number of aromatic nitrogens is 2. The Labute approximate surface area is 220 Å². The number of amides is 1. The topological polar surface area (TPSA) is 46.9 Å². The molecule has 2 heterocycles. The molecule has 0 spiro atoms. The quantitative estimate of drug-likeness (QED) is 0.286. The summed E-state index contributed by atoms with van der Waals surface area (Å²) in [4.78, 5) is 18.2. The van der Waals surface area contributed by atoms with Crippen molar-refractivity contribution in [1.82, 2.24) is 14.9 Å². The van der Waals surface area contributed by atoms with Crippen molar-refractivity contribution in [3.8, 4) is 0 Å². The summed E-state index contributed by atoms with van der Waals surface area (Å²) < 4.78 is 2.47. The second-order valence-corrected chi connectivity index (χ2v) is 11.4. The largest absolute Gasteiger partial charge is 0.353 e. The Hall–Kier alpha value is -3.14. The normalized spacial score (nSPS) is 18.3. The summed E-state index contributed by atoms with van der Waals surface area (Å²) in [5, 5.41) is 5.77. The number of para-hydroxylation sites is 2. The third-order valence-electron chi connectivity index (χ3n) is 8.75. The number of nitrogens with one attached hydrogen (secondary N) is 1. The minimum atomic E-state index is -0.0294. The minimum Gasteiger partial charge on any atom is -0.353 e. The molecule has 4 heteroatoms. The molecule has 1 atom stereocenters. The number of hydrogen-bond acceptors (Lipinski definition) is 2. The zero-order chi connectivity index (χ0) is 25.0. The summed E-state index contributed by atoms with van der Waals surface area (Å²) in [7, 11) is 0. The van der Waals surface area contributed by atoms with Crippen LogP contribution in [0, 0.1) is 5.92 Å². The van der Waals surface area contributed by atoms with E-state index in [0.29, 0.717) is 12.5 Å². The van der Waals surface area contributed by atoms with Crippen LogP contribution >= 0.6 is 0 Å². The van der Waals surface area contributed by atoms with E-state index in [1.54, 1.807) is 0 Å². The second-order valence-electron chi connectivity index (χ2n) is 11.4. The summed E-state index contributed by atoms with van der Waals surface area (Å²) in [5.41, 5.74) is 4.66. The van der Waals surface area contributed by atoms with Crippen molar-refractivity contribution in [2.24, 2.45) is 5.92 Å². The predicted molar refractivity (Wildman–Crippen MR) is 152 cm³/mol. The molecule has 2 aromatic heterocycles. The zero-order valence-electron chi connectivity index (χ0n) is 21.9. The van der Waals surface area contributed by atoms with Crippen molar-refractivity contribution in [1.29, 1.82) is 0 Å². The molecule has 6 rings (SSSR count). The molecule has 37 heavy (non-hydrogen) atoms. The summed E-state index contributed by atoms with van der Waals surface area (Å²) in [6.45, 7) is 1.07. The lowest BCUT2D eigenvalue weighted by Crippen LogP contribution is -2.36. The molecule has 2 aliphatic rings. The van der Waals surface area contributed by atoms with Gasteiger partial charge in [-0.1, -0.05) is 74.9 Å². The molecule has 0 aliphatic heterocycles. The molecule has 1 unspecified atom stereocenters. The lowest BCUT2D eigenvalue weighted by atomic mass is 9.87. The van der Waals surface area contributed by atoms with Crippen LogP contribution in [-0.2, 0) is 11.3 Å². The van der Waals surface area contributed by atoms with Crippen molar-refractivity contribution in [3.63, 3.8) is 0 Å². The highest BCUT2D eigenvalue weighted by Crippen LogP contribution is 2.37. The number of carbonyl (C=O) groups is 1. The first-order valence-corrected chi connectivity index (χ1v) is 14.5. The zero-order valence-corrected chi connectivity index (χ0v) is 21.9. The molecule has 2 aromatic carbocycles. The van der Waals surface area contributed by atoms with Crippen molar-refractivity contribution in [3.05, 3.63) is 78.1 Å². The van der Waals surface area contributed by atoms with Gasteiger partial charge >= 0.3 is 0 Å². The number of carbonyl (C=O) groups excluding carboxylic acids is 1. The standard InChI is InChI=1S/C33H39N3O/c37-33(35-27-14-5-2-6-15-27)20-29(26-19-25-13-7-9-17-31(25)34-21-26)30-23-36(22-24-11-3-1-4-12-24)32-18-10-8-16-28(30)32/h7-10,13,16-19,21,23-24,27,29H,1-6,11-12,14-15,20,22H2,(H,35,37). The van der Waals surface area contributed by atoms with Gasteiger partial charge in [-0.3, -0.25) is 9.78 Å². The number of nitrogens with zero attached hydrogens (tertiary/aromatic N) is 2. The number of fused-ring (bicyclic) bond motifs is 2. The van der Waals surface area contributed by atoms with E-state index in [4.69, 9.17) is 4.98 Å². The van der Waals surface area contributed by atoms with Crippen LogP contribution < -0.4 is 5.32 Å². The van der Waals surface area contributed by atoms with Crippen LogP contribution in [0.5, 0.6) is 0 Å². The van der Waals surface area contributed by atoms with Gasteiger partial charge in [-0.2, -0.15) is 0 Å². The van der Waals surface area contributed by atoms with Gasteiger partial charge in [0, 0.05) is 53.6 Å². The van der Waals surface area contributed by atoms with Crippen LogP contribution in [0.4, 0.5) is 0 Å². The van der Waals surface area contributed by atoms with Gasteiger partial charge in [-0.15, -0.1) is 0 Å². The monoisotopic (exact) mass is 493 g/mol. The third kappa shape index (κ3) is 5.44. The van der Waals surface area contributed by atoms with E-state index in [0.717, 1.165) is 41.8 Å². The second kappa shape index (κ2) is 11.1. The molecular weight excluding hydrogens is 454 g/mol. The fourth-order valence-corrected chi connectivity index (χ4v) is 6.76. The number of hydrogen-bond donors (Lipinski definition) is 1. The van der Waals surface area contributed by atoms with Crippen molar-refractivity contribution >= 4 is 27.7 Å². The molecule has 0 radical (unpaired) electrons. The molecule has 2 saturated carbocycles. The van der Waals surface area contributed by atoms with Crippen molar-refractivity contribution in [2.45, 2.75) is 89.1 Å². The van der Waals surface area contributed by atoms with Crippen molar-refractivity contribution < 1.29 is 4.79 Å². The summed E-state index contributed by atoms with van der Waals surface area (Å²) in [6.07, 6.45) is 17.5. The molecule has 1 N–H and O–H groups in total. The van der Waals surface area contributed by atoms with Crippen LogP contribution in [0.3, 0.4) is 0 Å². The molecule has 2 fully saturated rings. The van der Waals surface area contributed by atoms with E-state index >= 15 is 0 Å². The first-order chi connectivity index (χ1) is 18.2. The van der Waals surface area contributed by atoms with Crippen LogP contribution in [0.2, 0.25) is 0 Å². The van der Waals surface area contributed by atoms with Gasteiger partial charge < -0.3 is 9.88 Å². The molecule has 0 bridgehead atoms. The lowest BCUT2D eigenvalue weighted by molar-refractivity contribution is -0.122. The van der Waals surface area contributed by atoms with Crippen LogP contribution in [0.1, 0.15) is 87.7 Å². The van der Waals surface area contributed by atoms with E-state index in [1.165, 1.54) is 67.8 Å². The smallest absolute Gasteiger partial charge is 0.221 e. The van der Waals surface area contributed by atoms with Crippen LogP contribution in [0.25, 0.3) is 21.8 Å². The SMILES string of the molecule is O=C(CC(c1cnc2ccccc2c1)c1cn(CC2CCCCC2)c2ccccc12)NC1CCCCC1. The van der Waals surface area contributed by atoms with E-state index < -0.39 is 0 Å². The Kier molecular flexibility index (Phi) is 7.25. The molecule has 4 aromatic rings. The van der Waals surface area contributed by atoms with Crippen molar-refractivity contribution in [2.75, 3.05) is 0 Å². The van der Waals surface area contributed by atoms with Gasteiger partial charge in [-0.05, 0) is 60.9 Å². The fraction of sp³-hybridized carbons (Fsp3) is 0.455. The average Bonchev–Trinajstić information content (AvgIpc) is 3.30. The molecule has 1 amide bonds. The maximum atomic E-state index is 13.5. The van der Waals surface area contributed by atoms with Crippen LogP contribution in [-0.4, -0.2) is 21.5 Å². The van der Waals surface area contributed by atoms with Gasteiger partial charge in [0.2, 0.25) is 5.91 Å². The molecular formula is C33H39N3O. The van der Waals surface area contributed by atoms with E-state index in [-0.39, 0.29) is 11.8 Å². The van der Waals surface area contributed by atoms with E-state index in [9.17, 15) is 4.79 Å². The molecule has 2 aliphatic carbocycles. The Balaban J connectivity index is 1.37. The van der Waals surface area contributed by atoms with Gasteiger partial charge in [-0.25, -0.2) is 0 Å². The highest BCUT2D eigenvalue weighted by atomic mass is 16.1. The lowest BCUT2D eigenvalue weighted by Gasteiger charge is -2.24. The van der Waals surface area contributed by atoms with E-state index in [1.807, 2.05) is 12.3 Å². The van der Waals surface area contributed by atoms with E-state index in [2.05, 4.69) is 64.6 Å². The number of benzene rings is 2. The maximum absolute atomic E-state index is 13.5. The highest BCUT2D eigenvalue weighted by Gasteiger charge is 2.26. The number of rotatable bonds is 7. The Morgan fingerprint density at radius 3 is 2.49 bits per heavy atom. The minimum absolute atomic E-state index is 0.0294. The first kappa shape index (κ1) is 24.2. The molecule has 0 saturated heterocycles. The average molecular weight is 494 g/mol. The molecule has 192 valence electrons.